The van der Waals surface area contributed by atoms with E-state index in [4.69, 9.17) is 47.0 Å². The molecule has 1 aliphatic carbocycles. The molecule has 0 spiro atoms. The normalized spacial score (nSPS) is 16.0. The van der Waals surface area contributed by atoms with Crippen LogP contribution in [-0.2, 0) is 9.59 Å². The Morgan fingerprint density at radius 1 is 0.793 bits per heavy atom. The minimum absolute atomic E-state index is 0.0444. The minimum atomic E-state index is -0.433. The summed E-state index contributed by atoms with van der Waals surface area (Å²) in [6, 6.07) is 8.69. The lowest BCUT2D eigenvalue weighted by Gasteiger charge is -2.36. The Morgan fingerprint density at radius 3 is 1.97 bits per heavy atom. The number of carbonyl (C=O) groups is 2. The monoisotopic (exact) mass is 464 g/mol. The van der Waals surface area contributed by atoms with Gasteiger partial charge in [0.25, 0.3) is 11.8 Å². The number of nitrogens with zero attached hydrogens (tertiary/aromatic N) is 2. The molecular formula is C21H15Cl3N2O2S. The molecule has 8 heteroatoms. The Bertz CT molecular complexity index is 1110. The van der Waals surface area contributed by atoms with Crippen molar-refractivity contribution in [3.05, 3.63) is 62.1 Å². The molecule has 1 heterocycles. The maximum atomic E-state index is 13.3. The molecular weight excluding hydrogens is 451 g/mol. The van der Waals surface area contributed by atoms with Gasteiger partial charge in [-0.15, -0.1) is 0 Å². The molecule has 4 rings (SSSR count). The second-order valence-corrected chi connectivity index (χ2v) is 8.28. The van der Waals surface area contributed by atoms with Crippen LogP contribution >= 0.6 is 47.0 Å². The van der Waals surface area contributed by atoms with E-state index < -0.39 is 11.8 Å². The summed E-state index contributed by atoms with van der Waals surface area (Å²) in [5.41, 5.74) is 3.36. The number of likely N-dealkylation sites (N-methyl/N-ethyl adjacent to an activating group) is 2. The van der Waals surface area contributed by atoms with Crippen LogP contribution in [0.1, 0.15) is 25.0 Å². The fourth-order valence-corrected chi connectivity index (χ4v) is 5.04. The number of rotatable bonds is 2. The highest BCUT2D eigenvalue weighted by Gasteiger charge is 2.42. The molecule has 0 atom stereocenters. The van der Waals surface area contributed by atoms with Gasteiger partial charge < -0.3 is 0 Å². The second-order valence-electron chi connectivity index (χ2n) is 6.63. The van der Waals surface area contributed by atoms with E-state index >= 15 is 0 Å². The number of benzene rings is 2. The smallest absolute Gasteiger partial charge is 0.266 e. The maximum absolute atomic E-state index is 13.3. The molecule has 2 aromatic carbocycles. The number of thiocarbonyl (C=S) groups is 1. The summed E-state index contributed by atoms with van der Waals surface area (Å²) in [5.74, 6) is -0.867. The zero-order chi connectivity index (χ0) is 21.0. The Morgan fingerprint density at radius 2 is 1.38 bits per heavy atom. The third-order valence-corrected chi connectivity index (χ3v) is 6.30. The Kier molecular flexibility index (Phi) is 5.20. The van der Waals surface area contributed by atoms with Crippen LogP contribution in [0.3, 0.4) is 0 Å². The fourth-order valence-electron chi connectivity index (χ4n) is 3.85. The summed E-state index contributed by atoms with van der Waals surface area (Å²) in [6.45, 7) is 4.34. The first-order valence-electron chi connectivity index (χ1n) is 9.01. The van der Waals surface area contributed by atoms with Crippen LogP contribution in [0.5, 0.6) is 0 Å². The Labute approximate surface area is 188 Å². The van der Waals surface area contributed by atoms with Gasteiger partial charge in [-0.2, -0.15) is 0 Å². The first-order chi connectivity index (χ1) is 13.8. The van der Waals surface area contributed by atoms with Crippen molar-refractivity contribution in [2.75, 3.05) is 13.1 Å². The zero-order valence-electron chi connectivity index (χ0n) is 15.6. The van der Waals surface area contributed by atoms with Crippen LogP contribution in [0.4, 0.5) is 0 Å². The molecule has 0 bridgehead atoms. The van der Waals surface area contributed by atoms with Crippen LogP contribution in [0.2, 0.25) is 15.1 Å². The molecule has 0 radical (unpaired) electrons. The molecule has 0 N–H and O–H groups in total. The Balaban J connectivity index is 2.12. The van der Waals surface area contributed by atoms with Gasteiger partial charge in [0.05, 0.1) is 5.02 Å². The van der Waals surface area contributed by atoms with Crippen molar-refractivity contribution in [3.8, 4) is 11.1 Å². The third kappa shape index (κ3) is 2.99. The maximum Gasteiger partial charge on any atom is 0.266 e. The van der Waals surface area contributed by atoms with Crippen molar-refractivity contribution < 1.29 is 9.59 Å². The predicted molar refractivity (Wildman–Crippen MR) is 120 cm³/mol. The molecule has 4 nitrogen and oxygen atoms in total. The summed E-state index contributed by atoms with van der Waals surface area (Å²) in [7, 11) is 0. The van der Waals surface area contributed by atoms with Crippen LogP contribution < -0.4 is 0 Å². The van der Waals surface area contributed by atoms with Crippen LogP contribution in [-0.4, -0.2) is 39.8 Å². The van der Waals surface area contributed by atoms with Gasteiger partial charge in [-0.3, -0.25) is 19.4 Å². The molecule has 1 aliphatic heterocycles. The van der Waals surface area contributed by atoms with Gasteiger partial charge in [0.1, 0.15) is 5.57 Å². The van der Waals surface area contributed by atoms with Crippen molar-refractivity contribution in [2.45, 2.75) is 13.8 Å². The fraction of sp³-hybridized carbons (Fsp3) is 0.190. The van der Waals surface area contributed by atoms with Gasteiger partial charge in [-0.25, -0.2) is 0 Å². The highest BCUT2D eigenvalue weighted by molar-refractivity contribution is 7.80. The molecule has 2 aromatic rings. The minimum Gasteiger partial charge on any atom is -0.285 e. The largest absolute Gasteiger partial charge is 0.285 e. The molecule has 148 valence electrons. The Hall–Kier alpha value is -1.92. The van der Waals surface area contributed by atoms with E-state index in [-0.39, 0.29) is 10.7 Å². The highest BCUT2D eigenvalue weighted by atomic mass is 35.5. The molecule has 0 unspecified atom stereocenters. The van der Waals surface area contributed by atoms with Crippen LogP contribution in [0.25, 0.3) is 16.7 Å². The summed E-state index contributed by atoms with van der Waals surface area (Å²) in [4.78, 5) is 29.5. The number of halogens is 3. The second kappa shape index (κ2) is 7.40. The van der Waals surface area contributed by atoms with Crippen molar-refractivity contribution in [3.63, 3.8) is 0 Å². The number of hydrogen-bond acceptors (Lipinski definition) is 3. The van der Waals surface area contributed by atoms with Gasteiger partial charge in [-0.05, 0) is 67.0 Å². The molecule has 0 saturated carbocycles. The summed E-state index contributed by atoms with van der Waals surface area (Å²) < 4.78 is 0. The number of amides is 2. The predicted octanol–water partition coefficient (Wildman–Crippen LogP) is 5.42. The standard InChI is InChI=1S/C21H15Cl3N2O2S/c1-3-25-19(27)18(20(28)26(4-2)21(25)29)17-13-7-10(22)5-6-12(13)16-14(17)8-11(23)9-15(16)24/h5-9H,3-4H2,1-2H3. The first kappa shape index (κ1) is 20.4. The van der Waals surface area contributed by atoms with Crippen molar-refractivity contribution in [2.24, 2.45) is 0 Å². The van der Waals surface area contributed by atoms with Gasteiger partial charge in [0, 0.05) is 34.3 Å². The van der Waals surface area contributed by atoms with Crippen molar-refractivity contribution in [1.29, 1.82) is 0 Å². The quantitative estimate of drug-likeness (QED) is 0.288. The van der Waals surface area contributed by atoms with Crippen LogP contribution in [0.15, 0.2) is 35.9 Å². The van der Waals surface area contributed by atoms with E-state index in [0.717, 1.165) is 11.1 Å². The number of hydrogen-bond donors (Lipinski definition) is 0. The number of carbonyl (C=O) groups excluding carboxylic acids is 2. The summed E-state index contributed by atoms with van der Waals surface area (Å²) >= 11 is 24.4. The number of fused-ring (bicyclic) bond motifs is 3. The molecule has 0 aromatic heterocycles. The molecule has 1 saturated heterocycles. The first-order valence-corrected chi connectivity index (χ1v) is 10.6. The SMILES string of the molecule is CCN1C(=O)C(=C2c3cc(Cl)ccc3-c3c(Cl)cc(Cl)cc32)C(=O)N(CC)C1=S. The van der Waals surface area contributed by atoms with E-state index in [9.17, 15) is 9.59 Å². The lowest BCUT2D eigenvalue weighted by molar-refractivity contribution is -0.133. The zero-order valence-corrected chi connectivity index (χ0v) is 18.6. The molecule has 1 fully saturated rings. The van der Waals surface area contributed by atoms with E-state index in [1.807, 2.05) is 19.9 Å². The lowest BCUT2D eigenvalue weighted by atomic mass is 9.95. The molecule has 29 heavy (non-hydrogen) atoms. The van der Waals surface area contributed by atoms with Gasteiger partial charge >= 0.3 is 0 Å². The van der Waals surface area contributed by atoms with Crippen molar-refractivity contribution >= 4 is 69.5 Å². The van der Waals surface area contributed by atoms with E-state index in [1.54, 1.807) is 24.3 Å². The topological polar surface area (TPSA) is 40.6 Å². The lowest BCUT2D eigenvalue weighted by Crippen LogP contribution is -2.56. The van der Waals surface area contributed by atoms with E-state index in [1.165, 1.54) is 9.80 Å². The average Bonchev–Trinajstić information content (AvgIpc) is 2.96. The molecule has 2 amide bonds. The third-order valence-electron chi connectivity index (χ3n) is 5.11. The highest BCUT2D eigenvalue weighted by Crippen LogP contribution is 2.51. The summed E-state index contributed by atoms with van der Waals surface area (Å²) in [5, 5.41) is 1.56. The summed E-state index contributed by atoms with van der Waals surface area (Å²) in [6.07, 6.45) is 0. The van der Waals surface area contributed by atoms with E-state index in [2.05, 4.69) is 0 Å². The molecule has 2 aliphatic rings. The average molecular weight is 466 g/mol. The van der Waals surface area contributed by atoms with Gasteiger partial charge in [0.15, 0.2) is 5.11 Å². The van der Waals surface area contributed by atoms with Gasteiger partial charge in [-0.1, -0.05) is 40.9 Å². The van der Waals surface area contributed by atoms with E-state index in [0.29, 0.717) is 44.9 Å². The van der Waals surface area contributed by atoms with Gasteiger partial charge in [0.2, 0.25) is 0 Å². The van der Waals surface area contributed by atoms with Crippen molar-refractivity contribution in [1.82, 2.24) is 9.80 Å². The van der Waals surface area contributed by atoms with Crippen LogP contribution in [0, 0.1) is 0 Å².